The van der Waals surface area contributed by atoms with Gasteiger partial charge in [0.25, 0.3) is 0 Å². The Bertz CT molecular complexity index is 1190. The molecule has 0 N–H and O–H groups in total. The van der Waals surface area contributed by atoms with Crippen LogP contribution in [0.1, 0.15) is 36.0 Å². The lowest BCUT2D eigenvalue weighted by atomic mass is 10.0. The fourth-order valence-corrected chi connectivity index (χ4v) is 3.69. The summed E-state index contributed by atoms with van der Waals surface area (Å²) in [5.74, 6) is 1.03. The second-order valence-electron chi connectivity index (χ2n) is 7.07. The first kappa shape index (κ1) is 17.9. The van der Waals surface area contributed by atoms with Crippen LogP contribution in [0.2, 0.25) is 0 Å². The second kappa shape index (κ2) is 7.28. The molecular formula is C24H22N4. The van der Waals surface area contributed by atoms with Crippen molar-refractivity contribution in [3.63, 3.8) is 0 Å². The normalized spacial score (nSPS) is 10.9. The van der Waals surface area contributed by atoms with Gasteiger partial charge >= 0.3 is 0 Å². The number of nitrogens with zero attached hydrogens (tertiary/aromatic N) is 4. The lowest BCUT2D eigenvalue weighted by Gasteiger charge is -2.10. The van der Waals surface area contributed by atoms with Crippen LogP contribution in [-0.4, -0.2) is 14.5 Å². The van der Waals surface area contributed by atoms with Gasteiger partial charge in [0.1, 0.15) is 11.3 Å². The molecule has 4 aromatic rings. The maximum Gasteiger partial charge on any atom is 0.165 e. The Labute approximate surface area is 165 Å². The smallest absolute Gasteiger partial charge is 0.165 e. The van der Waals surface area contributed by atoms with Crippen molar-refractivity contribution in [2.24, 2.45) is 0 Å². The van der Waals surface area contributed by atoms with Gasteiger partial charge < -0.3 is 0 Å². The maximum atomic E-state index is 9.38. The summed E-state index contributed by atoms with van der Waals surface area (Å²) in [6, 6.07) is 20.3. The van der Waals surface area contributed by atoms with E-state index >= 15 is 0 Å². The first-order chi connectivity index (χ1) is 13.6. The summed E-state index contributed by atoms with van der Waals surface area (Å²) in [7, 11) is 0. The van der Waals surface area contributed by atoms with E-state index < -0.39 is 0 Å². The van der Waals surface area contributed by atoms with Gasteiger partial charge in [-0.2, -0.15) is 5.26 Å². The van der Waals surface area contributed by atoms with E-state index in [1.165, 1.54) is 0 Å². The zero-order chi connectivity index (χ0) is 19.7. The molecule has 138 valence electrons. The quantitative estimate of drug-likeness (QED) is 0.477. The number of aromatic nitrogens is 3. The number of rotatable bonds is 4. The van der Waals surface area contributed by atoms with Gasteiger partial charge in [-0.05, 0) is 61.2 Å². The van der Waals surface area contributed by atoms with Crippen molar-refractivity contribution in [2.45, 2.75) is 33.6 Å². The molecule has 4 nitrogen and oxygen atoms in total. The van der Waals surface area contributed by atoms with E-state index in [9.17, 15) is 5.26 Å². The Morgan fingerprint density at radius 3 is 2.46 bits per heavy atom. The van der Waals surface area contributed by atoms with E-state index in [-0.39, 0.29) is 0 Å². The third-order valence-corrected chi connectivity index (χ3v) is 4.96. The predicted octanol–water partition coefficient (Wildman–Crippen LogP) is 5.53. The minimum Gasteiger partial charge on any atom is -0.281 e. The van der Waals surface area contributed by atoms with Crippen LogP contribution >= 0.6 is 0 Å². The van der Waals surface area contributed by atoms with Gasteiger partial charge in [0.15, 0.2) is 5.65 Å². The number of benzene rings is 2. The minimum absolute atomic E-state index is 0.683. The lowest BCUT2D eigenvalue weighted by Crippen LogP contribution is -2.02. The second-order valence-corrected chi connectivity index (χ2v) is 7.07. The molecule has 0 amide bonds. The van der Waals surface area contributed by atoms with Crippen molar-refractivity contribution in [3.05, 3.63) is 77.2 Å². The van der Waals surface area contributed by atoms with Gasteiger partial charge in [-0.3, -0.25) is 4.57 Å². The molecule has 2 aromatic heterocycles. The molecule has 2 aromatic carbocycles. The molecule has 4 rings (SSSR count). The van der Waals surface area contributed by atoms with Gasteiger partial charge in [0, 0.05) is 17.8 Å². The lowest BCUT2D eigenvalue weighted by molar-refractivity contribution is 0.815. The molecule has 0 fully saturated rings. The third kappa shape index (κ3) is 3.05. The van der Waals surface area contributed by atoms with Gasteiger partial charge in [-0.25, -0.2) is 9.97 Å². The van der Waals surface area contributed by atoms with Gasteiger partial charge in [0.05, 0.1) is 11.6 Å². The highest BCUT2D eigenvalue weighted by molar-refractivity contribution is 5.78. The Morgan fingerprint density at radius 2 is 1.75 bits per heavy atom. The summed E-state index contributed by atoms with van der Waals surface area (Å²) in [6.45, 7) is 6.27. The van der Waals surface area contributed by atoms with Crippen molar-refractivity contribution in [1.29, 1.82) is 5.26 Å². The minimum atomic E-state index is 0.683. The molecule has 0 atom stereocenters. The van der Waals surface area contributed by atoms with Crippen LogP contribution in [0.15, 0.2) is 54.6 Å². The van der Waals surface area contributed by atoms with Crippen molar-refractivity contribution in [3.8, 4) is 22.9 Å². The van der Waals surface area contributed by atoms with Gasteiger partial charge in [0.2, 0.25) is 0 Å². The first-order valence-electron chi connectivity index (χ1n) is 9.58. The molecule has 0 bridgehead atoms. The Hall–Kier alpha value is -3.45. The van der Waals surface area contributed by atoms with Crippen molar-refractivity contribution in [2.75, 3.05) is 0 Å². The number of imidazole rings is 1. The van der Waals surface area contributed by atoms with Crippen molar-refractivity contribution >= 4 is 11.2 Å². The molecule has 0 saturated heterocycles. The molecule has 0 radical (unpaired) electrons. The highest BCUT2D eigenvalue weighted by Gasteiger charge is 2.15. The third-order valence-electron chi connectivity index (χ3n) is 4.96. The van der Waals surface area contributed by atoms with Crippen LogP contribution in [0, 0.1) is 25.2 Å². The van der Waals surface area contributed by atoms with E-state index in [0.29, 0.717) is 5.56 Å². The van der Waals surface area contributed by atoms with Crippen LogP contribution in [0.3, 0.4) is 0 Å². The molecule has 28 heavy (non-hydrogen) atoms. The fourth-order valence-electron chi connectivity index (χ4n) is 3.69. The molecule has 0 aliphatic heterocycles. The van der Waals surface area contributed by atoms with E-state index in [1.807, 2.05) is 31.2 Å². The summed E-state index contributed by atoms with van der Waals surface area (Å²) in [5, 5.41) is 9.38. The SMILES string of the molecule is CCCc1nc2c(C)cc(C)nc2n1-c1ccc(-c2ccccc2C#N)cc1. The number of nitriles is 1. The molecule has 0 saturated carbocycles. The van der Waals surface area contributed by atoms with Crippen LogP contribution < -0.4 is 0 Å². The fraction of sp³-hybridized carbons (Fsp3) is 0.208. The average molecular weight is 366 g/mol. The molecule has 0 aliphatic carbocycles. The molecular weight excluding hydrogens is 344 g/mol. The number of aryl methyl sites for hydroxylation is 3. The van der Waals surface area contributed by atoms with Crippen molar-refractivity contribution in [1.82, 2.24) is 14.5 Å². The first-order valence-corrected chi connectivity index (χ1v) is 9.58. The standard InChI is InChI=1S/C24H22N4/c1-4-7-22-27-23-16(2)14-17(3)26-24(23)28(22)20-12-10-18(11-13-20)21-9-6-5-8-19(21)15-25/h5-6,8-14H,4,7H2,1-3H3. The molecule has 2 heterocycles. The summed E-state index contributed by atoms with van der Waals surface area (Å²) in [6.07, 6.45) is 1.92. The van der Waals surface area contributed by atoms with Gasteiger partial charge in [-0.1, -0.05) is 37.3 Å². The zero-order valence-electron chi connectivity index (χ0n) is 16.4. The van der Waals surface area contributed by atoms with E-state index in [0.717, 1.165) is 57.9 Å². The number of hydrogen-bond acceptors (Lipinski definition) is 3. The Kier molecular flexibility index (Phi) is 4.67. The largest absolute Gasteiger partial charge is 0.281 e. The number of fused-ring (bicyclic) bond motifs is 1. The molecule has 0 aliphatic rings. The number of pyridine rings is 1. The van der Waals surface area contributed by atoms with Crippen LogP contribution in [-0.2, 0) is 6.42 Å². The maximum absolute atomic E-state index is 9.38. The monoisotopic (exact) mass is 366 g/mol. The Balaban J connectivity index is 1.87. The zero-order valence-corrected chi connectivity index (χ0v) is 16.4. The average Bonchev–Trinajstić information content (AvgIpc) is 3.06. The summed E-state index contributed by atoms with van der Waals surface area (Å²) < 4.78 is 2.17. The summed E-state index contributed by atoms with van der Waals surface area (Å²) in [4.78, 5) is 9.67. The Morgan fingerprint density at radius 1 is 1.00 bits per heavy atom. The van der Waals surface area contributed by atoms with Crippen LogP contribution in [0.4, 0.5) is 0 Å². The highest BCUT2D eigenvalue weighted by atomic mass is 15.1. The van der Waals surface area contributed by atoms with Crippen LogP contribution in [0.25, 0.3) is 28.0 Å². The molecule has 0 spiro atoms. The summed E-state index contributed by atoms with van der Waals surface area (Å²) >= 11 is 0. The van der Waals surface area contributed by atoms with E-state index in [2.05, 4.69) is 54.8 Å². The number of hydrogen-bond donors (Lipinski definition) is 0. The van der Waals surface area contributed by atoms with Gasteiger partial charge in [-0.15, -0.1) is 0 Å². The topological polar surface area (TPSA) is 54.5 Å². The molecule has 4 heteroatoms. The molecule has 0 unspecified atom stereocenters. The van der Waals surface area contributed by atoms with E-state index in [4.69, 9.17) is 9.97 Å². The highest BCUT2D eigenvalue weighted by Crippen LogP contribution is 2.28. The van der Waals surface area contributed by atoms with Crippen LogP contribution in [0.5, 0.6) is 0 Å². The summed E-state index contributed by atoms with van der Waals surface area (Å²) in [5.41, 5.74) is 7.73. The van der Waals surface area contributed by atoms with Crippen molar-refractivity contribution < 1.29 is 0 Å². The van der Waals surface area contributed by atoms with E-state index in [1.54, 1.807) is 0 Å². The predicted molar refractivity (Wildman–Crippen MR) is 112 cm³/mol.